The molecular formula is C11H15NS. The predicted molar refractivity (Wildman–Crippen MR) is 59.0 cm³/mol. The number of nitrogens with one attached hydrogen (secondary N) is 1. The van der Waals surface area contributed by atoms with Crippen molar-refractivity contribution in [2.45, 2.75) is 18.2 Å². The zero-order chi connectivity index (χ0) is 8.93. The van der Waals surface area contributed by atoms with Crippen LogP contribution in [0.1, 0.15) is 12.0 Å². The molecule has 1 fully saturated rings. The van der Waals surface area contributed by atoms with Crippen LogP contribution in [-0.2, 0) is 5.75 Å². The van der Waals surface area contributed by atoms with Gasteiger partial charge in [0, 0.05) is 17.5 Å². The van der Waals surface area contributed by atoms with Gasteiger partial charge in [-0.05, 0) is 18.5 Å². The highest BCUT2D eigenvalue weighted by molar-refractivity contribution is 7.98. The molecule has 1 aromatic rings. The molecule has 2 rings (SSSR count). The van der Waals surface area contributed by atoms with E-state index in [2.05, 4.69) is 35.6 Å². The van der Waals surface area contributed by atoms with Gasteiger partial charge in [-0.25, -0.2) is 0 Å². The SMILES string of the molecule is c1ccc(CSCC2CCN2)cc1. The molecule has 0 radical (unpaired) electrons. The normalized spacial score (nSPS) is 21.1. The molecular weight excluding hydrogens is 178 g/mol. The molecule has 1 saturated heterocycles. The van der Waals surface area contributed by atoms with Gasteiger partial charge in [0.1, 0.15) is 0 Å². The third-order valence-electron chi connectivity index (χ3n) is 2.36. The smallest absolute Gasteiger partial charge is 0.0185 e. The van der Waals surface area contributed by atoms with Crippen LogP contribution in [0.25, 0.3) is 0 Å². The van der Waals surface area contributed by atoms with Gasteiger partial charge in [0.05, 0.1) is 0 Å². The maximum atomic E-state index is 3.41. The lowest BCUT2D eigenvalue weighted by molar-refractivity contribution is 0.405. The lowest BCUT2D eigenvalue weighted by Gasteiger charge is -2.27. The van der Waals surface area contributed by atoms with E-state index in [-0.39, 0.29) is 0 Å². The molecule has 1 N–H and O–H groups in total. The summed E-state index contributed by atoms with van der Waals surface area (Å²) >= 11 is 2.03. The van der Waals surface area contributed by atoms with Crippen LogP contribution < -0.4 is 5.32 Å². The van der Waals surface area contributed by atoms with E-state index in [1.807, 2.05) is 11.8 Å². The standard InChI is InChI=1S/C11H15NS/c1-2-4-10(5-3-1)8-13-9-11-6-7-12-11/h1-5,11-12H,6-9H2. The van der Waals surface area contributed by atoms with Crippen LogP contribution in [-0.4, -0.2) is 18.3 Å². The summed E-state index contributed by atoms with van der Waals surface area (Å²) in [6.45, 7) is 1.22. The first-order valence-corrected chi connectivity index (χ1v) is 5.96. The fourth-order valence-corrected chi connectivity index (χ4v) is 2.50. The van der Waals surface area contributed by atoms with Crippen molar-refractivity contribution in [1.29, 1.82) is 0 Å². The number of thioether (sulfide) groups is 1. The largest absolute Gasteiger partial charge is 0.313 e. The summed E-state index contributed by atoms with van der Waals surface area (Å²) in [4.78, 5) is 0. The van der Waals surface area contributed by atoms with Crippen molar-refractivity contribution in [3.8, 4) is 0 Å². The van der Waals surface area contributed by atoms with Gasteiger partial charge in [-0.1, -0.05) is 30.3 Å². The summed E-state index contributed by atoms with van der Waals surface area (Å²) in [5, 5.41) is 3.41. The highest BCUT2D eigenvalue weighted by Gasteiger charge is 2.15. The van der Waals surface area contributed by atoms with Crippen molar-refractivity contribution in [2.75, 3.05) is 12.3 Å². The molecule has 2 heteroatoms. The van der Waals surface area contributed by atoms with Gasteiger partial charge in [0.2, 0.25) is 0 Å². The van der Waals surface area contributed by atoms with Crippen molar-refractivity contribution >= 4 is 11.8 Å². The Kier molecular flexibility index (Phi) is 3.27. The first kappa shape index (κ1) is 9.10. The molecule has 1 aliphatic rings. The summed E-state index contributed by atoms with van der Waals surface area (Å²) in [5.74, 6) is 2.41. The second-order valence-corrected chi connectivity index (χ2v) is 4.47. The van der Waals surface area contributed by atoms with Crippen LogP contribution in [0.2, 0.25) is 0 Å². The Morgan fingerprint density at radius 3 is 2.69 bits per heavy atom. The fourth-order valence-electron chi connectivity index (χ4n) is 1.38. The van der Waals surface area contributed by atoms with Crippen LogP contribution in [0.15, 0.2) is 30.3 Å². The van der Waals surface area contributed by atoms with E-state index in [0.717, 1.165) is 11.8 Å². The lowest BCUT2D eigenvalue weighted by atomic mass is 10.1. The molecule has 0 aliphatic carbocycles. The van der Waals surface area contributed by atoms with Gasteiger partial charge in [-0.15, -0.1) is 0 Å². The van der Waals surface area contributed by atoms with E-state index in [9.17, 15) is 0 Å². The third kappa shape index (κ3) is 2.75. The number of hydrogen-bond acceptors (Lipinski definition) is 2. The molecule has 1 unspecified atom stereocenters. The molecule has 1 atom stereocenters. The molecule has 1 aliphatic heterocycles. The van der Waals surface area contributed by atoms with Crippen molar-refractivity contribution in [3.05, 3.63) is 35.9 Å². The summed E-state index contributed by atoms with van der Waals surface area (Å²) < 4.78 is 0. The average molecular weight is 193 g/mol. The Morgan fingerprint density at radius 1 is 1.31 bits per heavy atom. The summed E-state index contributed by atoms with van der Waals surface area (Å²) in [5.41, 5.74) is 1.44. The van der Waals surface area contributed by atoms with E-state index in [4.69, 9.17) is 0 Å². The number of rotatable bonds is 4. The second-order valence-electron chi connectivity index (χ2n) is 3.44. The Labute approximate surface area is 83.9 Å². The molecule has 0 saturated carbocycles. The minimum absolute atomic E-state index is 0.786. The van der Waals surface area contributed by atoms with E-state index in [1.165, 1.54) is 24.3 Å². The molecule has 70 valence electrons. The first-order valence-electron chi connectivity index (χ1n) is 4.80. The molecule has 0 aromatic heterocycles. The van der Waals surface area contributed by atoms with Crippen molar-refractivity contribution in [3.63, 3.8) is 0 Å². The number of hydrogen-bond donors (Lipinski definition) is 1. The second kappa shape index (κ2) is 4.68. The predicted octanol–water partition coefficient (Wildman–Crippen LogP) is 2.28. The molecule has 0 amide bonds. The quantitative estimate of drug-likeness (QED) is 0.787. The molecule has 0 spiro atoms. The highest BCUT2D eigenvalue weighted by Crippen LogP contribution is 2.15. The topological polar surface area (TPSA) is 12.0 Å². The van der Waals surface area contributed by atoms with E-state index >= 15 is 0 Å². The minimum atomic E-state index is 0.786. The van der Waals surface area contributed by atoms with Crippen LogP contribution in [0.4, 0.5) is 0 Å². The maximum Gasteiger partial charge on any atom is 0.0185 e. The van der Waals surface area contributed by atoms with Gasteiger partial charge in [0.15, 0.2) is 0 Å². The van der Waals surface area contributed by atoms with Gasteiger partial charge in [-0.2, -0.15) is 11.8 Å². The monoisotopic (exact) mass is 193 g/mol. The zero-order valence-corrected chi connectivity index (χ0v) is 8.52. The van der Waals surface area contributed by atoms with E-state index in [0.29, 0.717) is 0 Å². The Bertz CT molecular complexity index is 244. The number of benzene rings is 1. The highest BCUT2D eigenvalue weighted by atomic mass is 32.2. The van der Waals surface area contributed by atoms with Gasteiger partial charge in [-0.3, -0.25) is 0 Å². The van der Waals surface area contributed by atoms with Gasteiger partial charge < -0.3 is 5.32 Å². The van der Waals surface area contributed by atoms with E-state index < -0.39 is 0 Å². The molecule has 0 bridgehead atoms. The van der Waals surface area contributed by atoms with Crippen LogP contribution in [0.3, 0.4) is 0 Å². The maximum absolute atomic E-state index is 3.41. The Balaban J connectivity index is 1.67. The summed E-state index contributed by atoms with van der Waals surface area (Å²) in [6.07, 6.45) is 1.36. The molecule has 1 aromatic carbocycles. The molecule has 13 heavy (non-hydrogen) atoms. The Morgan fingerprint density at radius 2 is 2.08 bits per heavy atom. The van der Waals surface area contributed by atoms with E-state index in [1.54, 1.807) is 0 Å². The van der Waals surface area contributed by atoms with Crippen LogP contribution in [0, 0.1) is 0 Å². The van der Waals surface area contributed by atoms with Crippen molar-refractivity contribution in [1.82, 2.24) is 5.32 Å². The molecule has 1 nitrogen and oxygen atoms in total. The first-order chi connectivity index (χ1) is 6.45. The fraction of sp³-hybridized carbons (Fsp3) is 0.455. The van der Waals surface area contributed by atoms with Crippen molar-refractivity contribution in [2.24, 2.45) is 0 Å². The van der Waals surface area contributed by atoms with Crippen LogP contribution in [0.5, 0.6) is 0 Å². The third-order valence-corrected chi connectivity index (χ3v) is 3.53. The Hall–Kier alpha value is -0.470. The molecule has 1 heterocycles. The lowest BCUT2D eigenvalue weighted by Crippen LogP contribution is -2.44. The minimum Gasteiger partial charge on any atom is -0.313 e. The average Bonchev–Trinajstić information content (AvgIpc) is 2.11. The van der Waals surface area contributed by atoms with Gasteiger partial charge in [0.25, 0.3) is 0 Å². The van der Waals surface area contributed by atoms with Gasteiger partial charge >= 0.3 is 0 Å². The summed E-state index contributed by atoms with van der Waals surface area (Å²) in [6, 6.07) is 11.5. The van der Waals surface area contributed by atoms with Crippen LogP contribution >= 0.6 is 11.8 Å². The van der Waals surface area contributed by atoms with Crippen molar-refractivity contribution < 1.29 is 0 Å². The summed E-state index contributed by atoms with van der Waals surface area (Å²) in [7, 11) is 0. The zero-order valence-electron chi connectivity index (χ0n) is 7.70.